The monoisotopic (exact) mass is 212 g/mol. The molecule has 0 aliphatic rings. The van der Waals surface area contributed by atoms with E-state index >= 15 is 0 Å². The van der Waals surface area contributed by atoms with Gasteiger partial charge in [0.1, 0.15) is 0 Å². The number of hydrogen-bond acceptors (Lipinski definition) is 6. The molecule has 0 spiro atoms. The van der Waals surface area contributed by atoms with E-state index in [0.29, 0.717) is 0 Å². The number of aromatic nitrogens is 1. The zero-order chi connectivity index (χ0) is 11.4. The van der Waals surface area contributed by atoms with Gasteiger partial charge in [-0.25, -0.2) is 9.78 Å². The van der Waals surface area contributed by atoms with Gasteiger partial charge in [-0.2, -0.15) is 0 Å². The van der Waals surface area contributed by atoms with Gasteiger partial charge in [-0.3, -0.25) is 10.1 Å². The van der Waals surface area contributed by atoms with E-state index in [9.17, 15) is 14.9 Å². The maximum atomic E-state index is 11.1. The number of methoxy groups -OCH3 is 2. The van der Waals surface area contributed by atoms with Crippen molar-refractivity contribution < 1.29 is 19.2 Å². The Kier molecular flexibility index (Phi) is 3.17. The van der Waals surface area contributed by atoms with Gasteiger partial charge >= 0.3 is 11.7 Å². The van der Waals surface area contributed by atoms with Gasteiger partial charge in [-0.05, 0) is 0 Å². The molecular weight excluding hydrogens is 204 g/mol. The summed E-state index contributed by atoms with van der Waals surface area (Å²) in [5.41, 5.74) is -0.370. The fourth-order valence-corrected chi connectivity index (χ4v) is 0.958. The van der Waals surface area contributed by atoms with E-state index in [4.69, 9.17) is 0 Å². The van der Waals surface area contributed by atoms with Crippen molar-refractivity contribution >= 4 is 11.7 Å². The number of carbonyl (C=O) groups excluding carboxylic acids is 1. The second-order valence-corrected chi connectivity index (χ2v) is 2.50. The van der Waals surface area contributed by atoms with Crippen LogP contribution in [0.15, 0.2) is 12.3 Å². The third kappa shape index (κ3) is 2.19. The first-order valence-electron chi connectivity index (χ1n) is 3.87. The summed E-state index contributed by atoms with van der Waals surface area (Å²) < 4.78 is 9.07. The summed E-state index contributed by atoms with van der Waals surface area (Å²) in [5.74, 6) is -0.832. The molecule has 1 heterocycles. The highest BCUT2D eigenvalue weighted by Crippen LogP contribution is 2.24. The smallest absolute Gasteiger partial charge is 0.339 e. The molecule has 0 fully saturated rings. The molecule has 0 aromatic carbocycles. The molecule has 0 unspecified atom stereocenters. The first kappa shape index (κ1) is 10.9. The minimum atomic E-state index is -0.687. The van der Waals surface area contributed by atoms with Gasteiger partial charge in [-0.1, -0.05) is 0 Å². The van der Waals surface area contributed by atoms with Crippen LogP contribution in [0, 0.1) is 10.1 Å². The average molecular weight is 212 g/mol. The van der Waals surface area contributed by atoms with E-state index in [-0.39, 0.29) is 17.1 Å². The number of pyridine rings is 1. The molecule has 0 amide bonds. The van der Waals surface area contributed by atoms with Crippen LogP contribution in [-0.4, -0.2) is 30.1 Å². The van der Waals surface area contributed by atoms with Crippen molar-refractivity contribution in [3.63, 3.8) is 0 Å². The number of nitrogens with zero attached hydrogens (tertiary/aromatic N) is 2. The molecule has 0 bridgehead atoms. The minimum absolute atomic E-state index is 0.00463. The van der Waals surface area contributed by atoms with E-state index in [2.05, 4.69) is 14.5 Å². The van der Waals surface area contributed by atoms with E-state index in [0.717, 1.165) is 12.3 Å². The second-order valence-electron chi connectivity index (χ2n) is 2.50. The third-order valence-electron chi connectivity index (χ3n) is 1.64. The molecule has 15 heavy (non-hydrogen) atoms. The SMILES string of the molecule is COC(=O)c1cnc(OC)c([N+](=O)[O-])c1. The number of nitro groups is 1. The van der Waals surface area contributed by atoms with Crippen LogP contribution < -0.4 is 4.74 Å². The van der Waals surface area contributed by atoms with Crippen LogP contribution in [0.5, 0.6) is 5.88 Å². The molecule has 0 aliphatic heterocycles. The number of ether oxygens (including phenoxy) is 2. The molecule has 80 valence electrons. The fraction of sp³-hybridized carbons (Fsp3) is 0.250. The van der Waals surface area contributed by atoms with Crippen LogP contribution >= 0.6 is 0 Å². The second kappa shape index (κ2) is 4.36. The molecule has 0 N–H and O–H groups in total. The predicted octanol–water partition coefficient (Wildman–Crippen LogP) is 0.785. The Bertz CT molecular complexity index is 404. The van der Waals surface area contributed by atoms with Crippen LogP contribution in [0.1, 0.15) is 10.4 Å². The number of hydrogen-bond donors (Lipinski definition) is 0. The summed E-state index contributed by atoms with van der Waals surface area (Å²) in [5, 5.41) is 10.6. The Labute approximate surface area is 84.8 Å². The van der Waals surface area contributed by atoms with Crippen LogP contribution in [0.4, 0.5) is 5.69 Å². The van der Waals surface area contributed by atoms with Crippen molar-refractivity contribution in [1.29, 1.82) is 0 Å². The van der Waals surface area contributed by atoms with Crippen LogP contribution in [0.3, 0.4) is 0 Å². The predicted molar refractivity (Wildman–Crippen MR) is 48.8 cm³/mol. The largest absolute Gasteiger partial charge is 0.476 e. The fourth-order valence-electron chi connectivity index (χ4n) is 0.958. The van der Waals surface area contributed by atoms with Gasteiger partial charge in [0.2, 0.25) is 0 Å². The Morgan fingerprint density at radius 2 is 2.20 bits per heavy atom. The third-order valence-corrected chi connectivity index (χ3v) is 1.64. The van der Waals surface area contributed by atoms with Crippen LogP contribution in [-0.2, 0) is 4.74 Å². The molecule has 0 saturated heterocycles. The molecule has 0 atom stereocenters. The first-order valence-corrected chi connectivity index (χ1v) is 3.87. The zero-order valence-electron chi connectivity index (χ0n) is 8.09. The van der Waals surface area contributed by atoms with E-state index in [1.54, 1.807) is 0 Å². The normalized spacial score (nSPS) is 9.47. The maximum Gasteiger partial charge on any atom is 0.339 e. The topological polar surface area (TPSA) is 91.6 Å². The Morgan fingerprint density at radius 3 is 2.67 bits per heavy atom. The summed E-state index contributed by atoms with van der Waals surface area (Å²) in [7, 11) is 2.44. The van der Waals surface area contributed by atoms with E-state index < -0.39 is 10.9 Å². The van der Waals surface area contributed by atoms with Crippen molar-refractivity contribution in [1.82, 2.24) is 4.98 Å². The van der Waals surface area contributed by atoms with Crippen LogP contribution in [0.2, 0.25) is 0 Å². The minimum Gasteiger partial charge on any atom is -0.476 e. The zero-order valence-corrected chi connectivity index (χ0v) is 8.09. The Morgan fingerprint density at radius 1 is 1.53 bits per heavy atom. The lowest BCUT2D eigenvalue weighted by Crippen LogP contribution is -2.04. The Balaban J connectivity index is 3.22. The average Bonchev–Trinajstić information content (AvgIpc) is 2.27. The van der Waals surface area contributed by atoms with Gasteiger partial charge in [0, 0.05) is 12.3 Å². The molecule has 7 nitrogen and oxygen atoms in total. The summed E-state index contributed by atoms with van der Waals surface area (Å²) in [6.07, 6.45) is 1.15. The lowest BCUT2D eigenvalue weighted by molar-refractivity contribution is -0.386. The molecule has 0 aliphatic carbocycles. The van der Waals surface area contributed by atoms with Crippen molar-refractivity contribution in [3.8, 4) is 5.88 Å². The summed E-state index contributed by atoms with van der Waals surface area (Å²) >= 11 is 0. The summed E-state index contributed by atoms with van der Waals surface area (Å²) in [6, 6.07) is 1.05. The number of rotatable bonds is 3. The van der Waals surface area contributed by atoms with Gasteiger partial charge in [-0.15, -0.1) is 0 Å². The van der Waals surface area contributed by atoms with Crippen molar-refractivity contribution in [2.45, 2.75) is 0 Å². The van der Waals surface area contributed by atoms with E-state index in [1.165, 1.54) is 14.2 Å². The highest BCUT2D eigenvalue weighted by atomic mass is 16.6. The molecular formula is C8H8N2O5. The standard InChI is InChI=1S/C8H8N2O5/c1-14-7-6(10(12)13)3-5(4-9-7)8(11)15-2/h3-4H,1-2H3. The lowest BCUT2D eigenvalue weighted by atomic mass is 10.2. The van der Waals surface area contributed by atoms with Gasteiger partial charge in [0.05, 0.1) is 24.7 Å². The number of carbonyl (C=O) groups is 1. The maximum absolute atomic E-state index is 11.1. The lowest BCUT2D eigenvalue weighted by Gasteiger charge is -2.02. The van der Waals surface area contributed by atoms with Gasteiger partial charge in [0.15, 0.2) is 0 Å². The summed E-state index contributed by atoms with van der Waals surface area (Å²) in [6.45, 7) is 0. The Hall–Kier alpha value is -2.18. The molecule has 0 saturated carbocycles. The quantitative estimate of drug-likeness (QED) is 0.417. The molecule has 1 rings (SSSR count). The van der Waals surface area contributed by atoms with E-state index in [1.807, 2.05) is 0 Å². The van der Waals surface area contributed by atoms with Crippen molar-refractivity contribution in [3.05, 3.63) is 27.9 Å². The van der Waals surface area contributed by atoms with Crippen molar-refractivity contribution in [2.24, 2.45) is 0 Å². The highest BCUT2D eigenvalue weighted by molar-refractivity contribution is 5.89. The number of esters is 1. The highest BCUT2D eigenvalue weighted by Gasteiger charge is 2.19. The molecule has 0 radical (unpaired) electrons. The summed E-state index contributed by atoms with van der Waals surface area (Å²) in [4.78, 5) is 24.6. The van der Waals surface area contributed by atoms with Crippen LogP contribution in [0.25, 0.3) is 0 Å². The molecule has 1 aromatic heterocycles. The van der Waals surface area contributed by atoms with Gasteiger partial charge < -0.3 is 9.47 Å². The van der Waals surface area contributed by atoms with Gasteiger partial charge in [0.25, 0.3) is 5.88 Å². The molecule has 1 aromatic rings. The van der Waals surface area contributed by atoms with Crippen molar-refractivity contribution in [2.75, 3.05) is 14.2 Å². The first-order chi connectivity index (χ1) is 7.10. The molecule has 7 heteroatoms.